The van der Waals surface area contributed by atoms with E-state index in [1.807, 2.05) is 6.07 Å². The van der Waals surface area contributed by atoms with Gasteiger partial charge in [0.2, 0.25) is 5.88 Å². The van der Waals surface area contributed by atoms with Crippen LogP contribution in [-0.4, -0.2) is 22.6 Å². The summed E-state index contributed by atoms with van der Waals surface area (Å²) in [6.07, 6.45) is 0. The Morgan fingerprint density at radius 3 is 2.45 bits per heavy atom. The van der Waals surface area contributed by atoms with Crippen LogP contribution in [0.4, 0.5) is 0 Å². The minimum absolute atomic E-state index is 0.0812. The van der Waals surface area contributed by atoms with E-state index in [1.54, 1.807) is 48.5 Å². The lowest BCUT2D eigenvalue weighted by molar-refractivity contribution is 0.103. The summed E-state index contributed by atoms with van der Waals surface area (Å²) in [7, 11) is 1.51. The summed E-state index contributed by atoms with van der Waals surface area (Å²) in [4.78, 5) is 25.8. The third kappa shape index (κ3) is 3.73. The Morgan fingerprint density at radius 1 is 1.21 bits per heavy atom. The molecule has 3 rings (SSSR count). The highest BCUT2D eigenvalue weighted by atomic mass is 35.5. The predicted octanol–water partition coefficient (Wildman–Crippen LogP) is 3.68. The number of ether oxygens (including phenoxy) is 1. The molecular formula is C22H17ClN2O4. The molecule has 0 aliphatic carbocycles. The summed E-state index contributed by atoms with van der Waals surface area (Å²) in [6.45, 7) is 1.39. The molecule has 0 spiro atoms. The number of rotatable bonds is 5. The van der Waals surface area contributed by atoms with Gasteiger partial charge < -0.3 is 9.84 Å². The van der Waals surface area contributed by atoms with E-state index in [2.05, 4.69) is 0 Å². The number of ketones is 1. The molecule has 0 radical (unpaired) electrons. The lowest BCUT2D eigenvalue weighted by Crippen LogP contribution is -2.27. The smallest absolute Gasteiger partial charge is 0.271 e. The number of aromatic nitrogens is 1. The Hall–Kier alpha value is -3.56. The second-order valence-corrected chi connectivity index (χ2v) is 6.76. The molecule has 2 aromatic carbocycles. The third-order valence-corrected chi connectivity index (χ3v) is 5.03. The topological polar surface area (TPSA) is 92.3 Å². The van der Waals surface area contributed by atoms with Gasteiger partial charge in [-0.05, 0) is 48.4 Å². The van der Waals surface area contributed by atoms with Gasteiger partial charge in [0, 0.05) is 10.6 Å². The molecule has 0 amide bonds. The van der Waals surface area contributed by atoms with Crippen LogP contribution >= 0.6 is 11.6 Å². The number of methoxy groups -OCH3 is 1. The summed E-state index contributed by atoms with van der Waals surface area (Å²) >= 11 is 6.17. The molecule has 146 valence electrons. The van der Waals surface area contributed by atoms with Gasteiger partial charge in [-0.2, -0.15) is 5.26 Å². The normalized spacial score (nSPS) is 10.4. The second-order valence-electron chi connectivity index (χ2n) is 6.35. The largest absolute Gasteiger partial charge is 0.497 e. The van der Waals surface area contributed by atoms with Gasteiger partial charge in [-0.3, -0.25) is 14.2 Å². The first-order valence-corrected chi connectivity index (χ1v) is 9.05. The quantitative estimate of drug-likeness (QED) is 0.650. The number of aromatic hydroxyl groups is 1. The van der Waals surface area contributed by atoms with Gasteiger partial charge >= 0.3 is 0 Å². The number of halogens is 1. The van der Waals surface area contributed by atoms with Crippen molar-refractivity contribution in [1.82, 2.24) is 4.57 Å². The van der Waals surface area contributed by atoms with Gasteiger partial charge in [-0.1, -0.05) is 29.8 Å². The number of nitriles is 1. The molecule has 0 aliphatic heterocycles. The molecule has 1 heterocycles. The lowest BCUT2D eigenvalue weighted by atomic mass is 9.97. The van der Waals surface area contributed by atoms with Gasteiger partial charge in [-0.25, -0.2) is 0 Å². The van der Waals surface area contributed by atoms with E-state index in [-0.39, 0.29) is 28.8 Å². The maximum atomic E-state index is 13.1. The van der Waals surface area contributed by atoms with E-state index < -0.39 is 17.2 Å². The Kier molecular flexibility index (Phi) is 5.71. The Morgan fingerprint density at radius 2 is 1.86 bits per heavy atom. The summed E-state index contributed by atoms with van der Waals surface area (Å²) in [5.41, 5.74) is 0.00296. The molecule has 0 atom stereocenters. The van der Waals surface area contributed by atoms with Crippen molar-refractivity contribution >= 4 is 17.4 Å². The molecular weight excluding hydrogens is 392 g/mol. The van der Waals surface area contributed by atoms with E-state index in [0.29, 0.717) is 16.3 Å². The SMILES string of the molecule is COc1ccc(C(=O)c2c(C)c(C#N)c(=O)n(Cc3ccccc3Cl)c2O)cc1. The van der Waals surface area contributed by atoms with Crippen LogP contribution in [0.5, 0.6) is 11.6 Å². The fraction of sp³-hybridized carbons (Fsp3) is 0.136. The molecule has 0 saturated carbocycles. The van der Waals surface area contributed by atoms with Crippen LogP contribution in [0.15, 0.2) is 53.3 Å². The van der Waals surface area contributed by atoms with Crippen molar-refractivity contribution in [1.29, 1.82) is 5.26 Å². The van der Waals surface area contributed by atoms with Crippen LogP contribution in [0.3, 0.4) is 0 Å². The summed E-state index contributed by atoms with van der Waals surface area (Å²) < 4.78 is 6.08. The van der Waals surface area contributed by atoms with Crippen molar-refractivity contribution in [2.45, 2.75) is 13.5 Å². The highest BCUT2D eigenvalue weighted by molar-refractivity contribution is 6.31. The standard InChI is InChI=1S/C22H17ClN2O4/c1-13-17(11-24)21(27)25(12-15-5-3-4-6-18(15)23)22(28)19(13)20(26)14-7-9-16(29-2)10-8-14/h3-10,28H,12H2,1-2H3. The Balaban J connectivity index is 2.19. The average molecular weight is 409 g/mol. The van der Waals surface area contributed by atoms with Crippen molar-refractivity contribution in [2.75, 3.05) is 7.11 Å². The minimum atomic E-state index is -0.686. The number of carbonyl (C=O) groups excluding carboxylic acids is 1. The zero-order valence-corrected chi connectivity index (χ0v) is 16.5. The average Bonchev–Trinajstić information content (AvgIpc) is 2.72. The number of hydrogen-bond donors (Lipinski definition) is 1. The van der Waals surface area contributed by atoms with E-state index >= 15 is 0 Å². The predicted molar refractivity (Wildman–Crippen MR) is 109 cm³/mol. The highest BCUT2D eigenvalue weighted by Gasteiger charge is 2.25. The summed E-state index contributed by atoms with van der Waals surface area (Å²) in [5.74, 6) is -0.441. The molecule has 1 aromatic heterocycles. The molecule has 1 N–H and O–H groups in total. The molecule has 29 heavy (non-hydrogen) atoms. The summed E-state index contributed by atoms with van der Waals surface area (Å²) in [5, 5.41) is 20.7. The van der Waals surface area contributed by atoms with Crippen molar-refractivity contribution in [3.05, 3.63) is 91.7 Å². The van der Waals surface area contributed by atoms with Gasteiger partial charge in [-0.15, -0.1) is 0 Å². The minimum Gasteiger partial charge on any atom is -0.497 e. The first kappa shape index (κ1) is 20.2. The number of hydrogen-bond acceptors (Lipinski definition) is 5. The van der Waals surface area contributed by atoms with Gasteiger partial charge in [0.05, 0.1) is 19.2 Å². The highest BCUT2D eigenvalue weighted by Crippen LogP contribution is 2.27. The van der Waals surface area contributed by atoms with Crippen LogP contribution in [0, 0.1) is 18.3 Å². The second kappa shape index (κ2) is 8.21. The van der Waals surface area contributed by atoms with Crippen molar-refractivity contribution in [3.8, 4) is 17.7 Å². The van der Waals surface area contributed by atoms with Crippen LogP contribution in [-0.2, 0) is 6.54 Å². The first-order valence-electron chi connectivity index (χ1n) is 8.67. The number of nitrogens with zero attached hydrogens (tertiary/aromatic N) is 2. The van der Waals surface area contributed by atoms with Crippen molar-refractivity contribution in [3.63, 3.8) is 0 Å². The molecule has 0 bridgehead atoms. The molecule has 0 unspecified atom stereocenters. The molecule has 6 nitrogen and oxygen atoms in total. The molecule has 0 fully saturated rings. The summed E-state index contributed by atoms with van der Waals surface area (Å²) in [6, 6.07) is 15.0. The van der Waals surface area contributed by atoms with Crippen LogP contribution in [0.25, 0.3) is 0 Å². The van der Waals surface area contributed by atoms with Gasteiger partial charge in [0.25, 0.3) is 5.56 Å². The van der Waals surface area contributed by atoms with E-state index in [4.69, 9.17) is 16.3 Å². The zero-order chi connectivity index (χ0) is 21.1. The maximum absolute atomic E-state index is 13.1. The molecule has 0 aliphatic rings. The molecule has 3 aromatic rings. The van der Waals surface area contributed by atoms with E-state index in [9.17, 15) is 20.0 Å². The third-order valence-electron chi connectivity index (χ3n) is 4.67. The van der Waals surface area contributed by atoms with Crippen molar-refractivity contribution < 1.29 is 14.6 Å². The number of benzene rings is 2. The molecule has 0 saturated heterocycles. The van der Waals surface area contributed by atoms with Crippen LogP contribution < -0.4 is 10.3 Å². The van der Waals surface area contributed by atoms with Gasteiger partial charge in [0.1, 0.15) is 17.4 Å². The fourth-order valence-electron chi connectivity index (χ4n) is 3.05. The maximum Gasteiger partial charge on any atom is 0.271 e. The number of carbonyl (C=O) groups is 1. The lowest BCUT2D eigenvalue weighted by Gasteiger charge is -2.16. The van der Waals surface area contributed by atoms with Crippen molar-refractivity contribution in [2.24, 2.45) is 0 Å². The number of pyridine rings is 1. The monoisotopic (exact) mass is 408 g/mol. The van der Waals surface area contributed by atoms with E-state index in [0.717, 1.165) is 4.57 Å². The zero-order valence-electron chi connectivity index (χ0n) is 15.8. The van der Waals surface area contributed by atoms with Crippen LogP contribution in [0.1, 0.15) is 32.6 Å². The van der Waals surface area contributed by atoms with Crippen LogP contribution in [0.2, 0.25) is 5.02 Å². The van der Waals surface area contributed by atoms with Gasteiger partial charge in [0.15, 0.2) is 5.78 Å². The van der Waals surface area contributed by atoms with E-state index in [1.165, 1.54) is 14.0 Å². The first-order chi connectivity index (χ1) is 13.9. The Bertz CT molecular complexity index is 1190. The molecule has 7 heteroatoms. The Labute approximate surface area is 172 Å². The fourth-order valence-corrected chi connectivity index (χ4v) is 3.25.